The van der Waals surface area contributed by atoms with Crippen LogP contribution in [0.3, 0.4) is 0 Å². The number of hydrogen-bond acceptors (Lipinski definition) is 3. The fourth-order valence-corrected chi connectivity index (χ4v) is 4.77. The van der Waals surface area contributed by atoms with Gasteiger partial charge in [0.2, 0.25) is 0 Å². The third-order valence-corrected chi connectivity index (χ3v) is 6.69. The maximum absolute atomic E-state index is 13.3. The van der Waals surface area contributed by atoms with Crippen molar-refractivity contribution in [3.05, 3.63) is 119 Å². The summed E-state index contributed by atoms with van der Waals surface area (Å²) in [7, 11) is 0. The Hall–Kier alpha value is -4.95. The molecule has 0 aliphatic carbocycles. The number of aromatic nitrogens is 1. The van der Waals surface area contributed by atoms with Crippen LogP contribution in [0, 0.1) is 24.2 Å². The van der Waals surface area contributed by atoms with Gasteiger partial charge >= 0.3 is 0 Å². The van der Waals surface area contributed by atoms with E-state index in [1.54, 1.807) is 0 Å². The fraction of sp³-hybridized carbons (Fsp3) is 0.171. The molecule has 0 atom stereocenters. The number of aryl methyl sites for hydroxylation is 2. The molecular formula is C35H32N2O3. The van der Waals surface area contributed by atoms with Crippen LogP contribution in [0.5, 0.6) is 0 Å². The zero-order valence-corrected chi connectivity index (χ0v) is 23.0. The third kappa shape index (κ3) is 6.36. The Morgan fingerprint density at radius 3 is 2.05 bits per heavy atom. The van der Waals surface area contributed by atoms with Crippen LogP contribution in [0.25, 0.3) is 21.8 Å². The van der Waals surface area contributed by atoms with Crippen molar-refractivity contribution in [1.82, 2.24) is 4.57 Å². The molecule has 0 fully saturated rings. The number of nitrogens with one attached hydrogen (secondary N) is 1. The number of carbonyl (C=O) groups excluding carboxylic acids is 1. The van der Waals surface area contributed by atoms with Crippen molar-refractivity contribution in [3.63, 3.8) is 0 Å². The number of hydrogen-bond donors (Lipinski definition) is 2. The molecule has 5 rings (SSSR count). The summed E-state index contributed by atoms with van der Waals surface area (Å²) in [5.74, 6) is 5.56. The van der Waals surface area contributed by atoms with Gasteiger partial charge in [0.15, 0.2) is 5.78 Å². The maximum Gasteiger partial charge on any atom is 0.300 e. The van der Waals surface area contributed by atoms with Crippen molar-refractivity contribution < 1.29 is 14.7 Å². The van der Waals surface area contributed by atoms with Crippen molar-refractivity contribution in [2.45, 2.75) is 40.2 Å². The molecule has 0 saturated carbocycles. The van der Waals surface area contributed by atoms with E-state index in [4.69, 9.17) is 15.3 Å². The molecule has 5 aromatic rings. The summed E-state index contributed by atoms with van der Waals surface area (Å²) in [6, 6.07) is 29.9. The van der Waals surface area contributed by atoms with E-state index >= 15 is 0 Å². The number of ketones is 1. The number of nitrogens with zero attached hydrogens (tertiary/aromatic N) is 1. The molecule has 1 heterocycles. The second-order valence-corrected chi connectivity index (χ2v) is 9.52. The van der Waals surface area contributed by atoms with E-state index in [9.17, 15) is 4.79 Å². The Morgan fingerprint density at radius 2 is 1.43 bits per heavy atom. The lowest BCUT2D eigenvalue weighted by atomic mass is 9.97. The van der Waals surface area contributed by atoms with Crippen molar-refractivity contribution >= 4 is 39.3 Å². The number of fused-ring (bicyclic) bond motifs is 3. The number of carbonyl (C=O) groups is 2. The van der Waals surface area contributed by atoms with Crippen molar-refractivity contribution in [3.8, 4) is 11.8 Å². The molecule has 2 N–H and O–H groups in total. The first-order valence-corrected chi connectivity index (χ1v) is 13.3. The van der Waals surface area contributed by atoms with Gasteiger partial charge in [-0.15, -0.1) is 0 Å². The first kappa shape index (κ1) is 28.1. The molecule has 0 saturated heterocycles. The lowest BCUT2D eigenvalue weighted by Gasteiger charge is -2.06. The van der Waals surface area contributed by atoms with Gasteiger partial charge in [-0.25, -0.2) is 0 Å². The molecule has 4 aromatic carbocycles. The monoisotopic (exact) mass is 528 g/mol. The molecule has 0 bridgehead atoms. The van der Waals surface area contributed by atoms with Gasteiger partial charge in [-0.1, -0.05) is 60.4 Å². The van der Waals surface area contributed by atoms with Crippen LogP contribution in [0.2, 0.25) is 0 Å². The van der Waals surface area contributed by atoms with Crippen LogP contribution >= 0.6 is 0 Å². The maximum atomic E-state index is 13.3. The molecule has 0 aliphatic rings. The van der Waals surface area contributed by atoms with Crippen LogP contribution in [0.15, 0.2) is 91.0 Å². The average Bonchev–Trinajstić information content (AvgIpc) is 3.27. The van der Waals surface area contributed by atoms with Crippen LogP contribution in [-0.4, -0.2) is 27.1 Å². The van der Waals surface area contributed by atoms with Gasteiger partial charge in [-0.2, -0.15) is 0 Å². The van der Waals surface area contributed by atoms with E-state index < -0.39 is 5.97 Å². The van der Waals surface area contributed by atoms with Gasteiger partial charge in [-0.05, 0) is 67.4 Å². The molecular weight excluding hydrogens is 496 g/mol. The van der Waals surface area contributed by atoms with E-state index in [1.807, 2.05) is 79.7 Å². The molecule has 5 heteroatoms. The number of carboxylic acids is 1. The summed E-state index contributed by atoms with van der Waals surface area (Å²) in [6.45, 7) is 6.01. The summed E-state index contributed by atoms with van der Waals surface area (Å²) in [4.78, 5) is 22.3. The van der Waals surface area contributed by atoms with Gasteiger partial charge < -0.3 is 15.1 Å². The Morgan fingerprint density at radius 1 is 0.850 bits per heavy atom. The Balaban J connectivity index is 0.000000867. The van der Waals surface area contributed by atoms with Crippen LogP contribution in [0.1, 0.15) is 59.3 Å². The highest BCUT2D eigenvalue weighted by atomic mass is 16.4. The highest BCUT2D eigenvalue weighted by Crippen LogP contribution is 2.32. The molecule has 0 amide bonds. The van der Waals surface area contributed by atoms with Crippen molar-refractivity contribution in [1.29, 1.82) is 5.41 Å². The highest BCUT2D eigenvalue weighted by molar-refractivity contribution is 6.16. The van der Waals surface area contributed by atoms with Crippen LogP contribution in [-0.2, 0) is 11.3 Å². The van der Waals surface area contributed by atoms with Crippen molar-refractivity contribution in [2.24, 2.45) is 0 Å². The quantitative estimate of drug-likeness (QED) is 0.135. The van der Waals surface area contributed by atoms with Gasteiger partial charge in [-0.3, -0.25) is 9.59 Å². The average molecular weight is 529 g/mol. The minimum atomic E-state index is -0.833. The number of aliphatic carboxylic acids is 1. The van der Waals surface area contributed by atoms with Gasteiger partial charge in [0.1, 0.15) is 0 Å². The number of benzene rings is 4. The number of carboxylic acid groups (broad SMARTS) is 1. The topological polar surface area (TPSA) is 83.2 Å². The third-order valence-electron chi connectivity index (χ3n) is 6.69. The van der Waals surface area contributed by atoms with Gasteiger partial charge in [0, 0.05) is 70.5 Å². The SMILES string of the molecule is CC(=O)O.CCn1c2ccc(C(=N)CCC#Cc3ccccc3)cc2c2cc(C(=O)c3ccccc3C)ccc21. The Bertz CT molecular complexity index is 1770. The zero-order valence-electron chi connectivity index (χ0n) is 23.0. The first-order valence-electron chi connectivity index (χ1n) is 13.3. The molecule has 1 aromatic heterocycles. The summed E-state index contributed by atoms with van der Waals surface area (Å²) < 4.78 is 2.27. The van der Waals surface area contributed by atoms with Crippen LogP contribution < -0.4 is 0 Å². The van der Waals surface area contributed by atoms with Crippen molar-refractivity contribution in [2.75, 3.05) is 0 Å². The lowest BCUT2D eigenvalue weighted by molar-refractivity contribution is -0.134. The minimum absolute atomic E-state index is 0.0355. The molecule has 0 spiro atoms. The predicted octanol–water partition coefficient (Wildman–Crippen LogP) is 7.64. The first-order chi connectivity index (χ1) is 19.3. The molecule has 0 aliphatic heterocycles. The van der Waals surface area contributed by atoms with Gasteiger partial charge in [0.05, 0.1) is 0 Å². The second-order valence-electron chi connectivity index (χ2n) is 9.52. The minimum Gasteiger partial charge on any atom is -0.481 e. The second kappa shape index (κ2) is 12.7. The summed E-state index contributed by atoms with van der Waals surface area (Å²) in [6.07, 6.45) is 1.23. The fourth-order valence-electron chi connectivity index (χ4n) is 4.77. The zero-order chi connectivity index (χ0) is 28.6. The van der Waals surface area contributed by atoms with Crippen LogP contribution in [0.4, 0.5) is 0 Å². The molecule has 200 valence electrons. The molecule has 0 unspecified atom stereocenters. The molecule has 5 nitrogen and oxygen atoms in total. The standard InChI is InChI=1S/C33H28N2O.C2H4O2/c1-3-35-31-19-17-25(30(34)16-10-8-14-24-12-5-4-6-13-24)21-28(31)29-22-26(18-20-32(29)35)33(36)27-15-9-7-11-23(27)2;1-2(3)4/h4-7,9,11-13,15,17-22,34H,3,10,16H2,1-2H3;1H3,(H,3,4). The van der Waals surface area contributed by atoms with E-state index in [2.05, 4.69) is 41.5 Å². The molecule has 0 radical (unpaired) electrons. The summed E-state index contributed by atoms with van der Waals surface area (Å²) in [5, 5.41) is 18.2. The smallest absolute Gasteiger partial charge is 0.300 e. The highest BCUT2D eigenvalue weighted by Gasteiger charge is 2.16. The van der Waals surface area contributed by atoms with E-state index in [1.165, 1.54) is 0 Å². The lowest BCUT2D eigenvalue weighted by Crippen LogP contribution is -2.03. The van der Waals surface area contributed by atoms with E-state index in [0.717, 1.165) is 57.5 Å². The normalized spacial score (nSPS) is 10.4. The Labute approximate surface area is 234 Å². The van der Waals surface area contributed by atoms with E-state index in [-0.39, 0.29) is 5.78 Å². The summed E-state index contributed by atoms with van der Waals surface area (Å²) >= 11 is 0. The van der Waals surface area contributed by atoms with Gasteiger partial charge in [0.25, 0.3) is 5.97 Å². The van der Waals surface area contributed by atoms with E-state index in [0.29, 0.717) is 24.1 Å². The molecule has 40 heavy (non-hydrogen) atoms. The number of rotatable bonds is 6. The Kier molecular flexibility index (Phi) is 8.93. The predicted molar refractivity (Wildman–Crippen MR) is 162 cm³/mol. The largest absolute Gasteiger partial charge is 0.481 e. The summed E-state index contributed by atoms with van der Waals surface area (Å²) in [5.41, 5.74) is 7.08.